The minimum atomic E-state index is -0.409. The van der Waals surface area contributed by atoms with Gasteiger partial charge in [0.25, 0.3) is 0 Å². The van der Waals surface area contributed by atoms with Crippen LogP contribution in [-0.4, -0.2) is 68.3 Å². The monoisotopic (exact) mass is 597 g/mol. The molecule has 2 amide bonds. The van der Waals surface area contributed by atoms with E-state index in [2.05, 4.69) is 27.1 Å². The highest BCUT2D eigenvalue weighted by Crippen LogP contribution is 2.42. The van der Waals surface area contributed by atoms with Gasteiger partial charge in [-0.2, -0.15) is 4.98 Å². The van der Waals surface area contributed by atoms with Crippen LogP contribution in [0.25, 0.3) is 0 Å². The average Bonchev–Trinajstić information content (AvgIpc) is 3.02. The second-order valence-corrected chi connectivity index (χ2v) is 11.1. The number of aryl methyl sites for hydroxylation is 2. The molecule has 44 heavy (non-hydrogen) atoms. The molecule has 0 atom stereocenters. The maximum atomic E-state index is 15.3. The van der Waals surface area contributed by atoms with Crippen LogP contribution >= 0.6 is 0 Å². The van der Waals surface area contributed by atoms with Crippen LogP contribution in [0.3, 0.4) is 0 Å². The number of nitrogens with zero attached hydrogens (tertiary/aromatic N) is 6. The molecule has 228 valence electrons. The number of benzene rings is 3. The van der Waals surface area contributed by atoms with Crippen LogP contribution < -0.4 is 29.5 Å². The molecule has 4 aromatic rings. The molecule has 2 aliphatic rings. The van der Waals surface area contributed by atoms with Crippen molar-refractivity contribution in [1.82, 2.24) is 14.9 Å². The number of hydrogen-bond donors (Lipinski definition) is 1. The Morgan fingerprint density at radius 2 is 1.68 bits per heavy atom. The molecular weight excluding hydrogens is 561 g/mol. The molecule has 0 spiro atoms. The lowest BCUT2D eigenvalue weighted by molar-refractivity contribution is 0.252. The lowest BCUT2D eigenvalue weighted by Crippen LogP contribution is -2.46. The van der Waals surface area contributed by atoms with Gasteiger partial charge in [0, 0.05) is 49.7 Å². The summed E-state index contributed by atoms with van der Waals surface area (Å²) in [7, 11) is 5.20. The number of para-hydroxylation sites is 1. The summed E-state index contributed by atoms with van der Waals surface area (Å²) in [5.41, 5.74) is 5.06. The predicted molar refractivity (Wildman–Crippen MR) is 171 cm³/mol. The lowest BCUT2D eigenvalue weighted by Gasteiger charge is -2.37. The van der Waals surface area contributed by atoms with Crippen LogP contribution in [0.1, 0.15) is 16.7 Å². The van der Waals surface area contributed by atoms with E-state index in [0.717, 1.165) is 54.2 Å². The molecule has 0 radical (unpaired) electrons. The van der Waals surface area contributed by atoms with Crippen molar-refractivity contribution in [2.45, 2.75) is 20.4 Å². The van der Waals surface area contributed by atoms with Crippen LogP contribution in [-0.2, 0) is 6.54 Å². The lowest BCUT2D eigenvalue weighted by atomic mass is 10.1. The number of rotatable bonds is 7. The topological polar surface area (TPSA) is 86.3 Å². The maximum absolute atomic E-state index is 15.3. The quantitative estimate of drug-likeness (QED) is 0.277. The van der Waals surface area contributed by atoms with Gasteiger partial charge in [-0.1, -0.05) is 18.2 Å². The van der Waals surface area contributed by atoms with Crippen molar-refractivity contribution in [3.63, 3.8) is 0 Å². The van der Waals surface area contributed by atoms with Gasteiger partial charge in [0.2, 0.25) is 5.95 Å². The van der Waals surface area contributed by atoms with Gasteiger partial charge >= 0.3 is 6.03 Å². The zero-order valence-corrected chi connectivity index (χ0v) is 25.6. The number of nitrogens with one attached hydrogen (secondary N) is 1. The molecule has 3 heterocycles. The summed E-state index contributed by atoms with van der Waals surface area (Å²) >= 11 is 0. The summed E-state index contributed by atoms with van der Waals surface area (Å²) in [4.78, 5) is 31.3. The van der Waals surface area contributed by atoms with E-state index in [1.165, 1.54) is 11.0 Å². The number of carbonyl (C=O) groups excluding carboxylic acids is 1. The molecule has 1 fully saturated rings. The number of methoxy groups -OCH3 is 2. The molecule has 6 rings (SSSR count). The van der Waals surface area contributed by atoms with Gasteiger partial charge in [0.1, 0.15) is 17.3 Å². The molecule has 0 bridgehead atoms. The van der Waals surface area contributed by atoms with Gasteiger partial charge in [-0.05, 0) is 62.4 Å². The van der Waals surface area contributed by atoms with Crippen LogP contribution in [0.5, 0.6) is 11.5 Å². The Balaban J connectivity index is 1.38. The minimum absolute atomic E-state index is 0.167. The normalized spacial score (nSPS) is 15.3. The minimum Gasteiger partial charge on any atom is -0.497 e. The summed E-state index contributed by atoms with van der Waals surface area (Å²) in [5, 5.41) is 3.03. The van der Waals surface area contributed by atoms with E-state index in [0.29, 0.717) is 23.0 Å². The summed E-state index contributed by atoms with van der Waals surface area (Å²) in [6.07, 6.45) is 1.68. The number of amides is 2. The zero-order chi connectivity index (χ0) is 31.0. The highest BCUT2D eigenvalue weighted by atomic mass is 19.1. The number of anilines is 6. The first-order valence-electron chi connectivity index (χ1n) is 14.5. The largest absolute Gasteiger partial charge is 0.497 e. The standard InChI is InChI=1S/C33H36FN7O3/c1-21-7-6-8-22(2)30(21)40-20-23-19-35-32(36-27-11-9-24(17-26(27)34)39-15-13-38(3)14-16-39)37-31(23)41(33(40)42)28-12-10-25(43-4)18-29(28)44-5/h6-12,17-19H,13-16,20H2,1-5H3,(H,35,36,37). The number of fused-ring (bicyclic) bond motifs is 1. The van der Waals surface area contributed by atoms with Crippen molar-refractivity contribution in [2.75, 3.05) is 67.5 Å². The Morgan fingerprint density at radius 3 is 2.36 bits per heavy atom. The molecule has 0 saturated carbocycles. The van der Waals surface area contributed by atoms with Gasteiger partial charge < -0.3 is 24.6 Å². The third-order valence-electron chi connectivity index (χ3n) is 8.21. The van der Waals surface area contributed by atoms with Crippen molar-refractivity contribution < 1.29 is 18.7 Å². The molecule has 11 heteroatoms. The molecule has 1 N–H and O–H groups in total. The number of halogens is 1. The van der Waals surface area contributed by atoms with E-state index < -0.39 is 5.82 Å². The zero-order valence-electron chi connectivity index (χ0n) is 25.6. The van der Waals surface area contributed by atoms with Crippen LogP contribution in [0.2, 0.25) is 0 Å². The first-order valence-corrected chi connectivity index (χ1v) is 14.5. The fourth-order valence-corrected chi connectivity index (χ4v) is 5.79. The fourth-order valence-electron chi connectivity index (χ4n) is 5.79. The first kappa shape index (κ1) is 29.2. The Labute approximate surface area is 256 Å². The Hall–Kier alpha value is -4.90. The van der Waals surface area contributed by atoms with Crippen LogP contribution in [0, 0.1) is 19.7 Å². The third-order valence-corrected chi connectivity index (χ3v) is 8.21. The van der Waals surface area contributed by atoms with Gasteiger partial charge in [-0.25, -0.2) is 19.1 Å². The van der Waals surface area contributed by atoms with E-state index in [4.69, 9.17) is 14.5 Å². The molecule has 1 saturated heterocycles. The number of aromatic nitrogens is 2. The van der Waals surface area contributed by atoms with E-state index in [9.17, 15) is 4.79 Å². The highest BCUT2D eigenvalue weighted by Gasteiger charge is 2.37. The molecule has 0 unspecified atom stereocenters. The Bertz CT molecular complexity index is 1690. The summed E-state index contributed by atoms with van der Waals surface area (Å²) < 4.78 is 26.4. The molecular formula is C33H36FN7O3. The average molecular weight is 598 g/mol. The highest BCUT2D eigenvalue weighted by molar-refractivity contribution is 6.11. The molecule has 2 aliphatic heterocycles. The number of likely N-dealkylation sites (N-methyl/N-ethyl adjacent to an activating group) is 1. The van der Waals surface area contributed by atoms with Crippen molar-refractivity contribution >= 4 is 40.5 Å². The summed E-state index contributed by atoms with van der Waals surface area (Å²) in [6, 6.07) is 16.0. The number of piperazine rings is 1. The van der Waals surface area contributed by atoms with Crippen LogP contribution in [0.15, 0.2) is 60.8 Å². The maximum Gasteiger partial charge on any atom is 0.335 e. The van der Waals surface area contributed by atoms with Crippen LogP contribution in [0.4, 0.5) is 43.7 Å². The number of carbonyl (C=O) groups is 1. The van der Waals surface area contributed by atoms with Crippen molar-refractivity contribution in [2.24, 2.45) is 0 Å². The Kier molecular flexibility index (Phi) is 7.96. The predicted octanol–water partition coefficient (Wildman–Crippen LogP) is 6.02. The molecule has 0 aliphatic carbocycles. The van der Waals surface area contributed by atoms with E-state index in [-0.39, 0.29) is 24.2 Å². The molecule has 3 aromatic carbocycles. The molecule has 10 nitrogen and oxygen atoms in total. The van der Waals surface area contributed by atoms with Crippen molar-refractivity contribution in [1.29, 1.82) is 0 Å². The number of urea groups is 1. The van der Waals surface area contributed by atoms with Gasteiger partial charge in [0.05, 0.1) is 37.8 Å². The van der Waals surface area contributed by atoms with E-state index in [1.807, 2.05) is 38.1 Å². The SMILES string of the molecule is COc1ccc(N2C(=O)N(c3c(C)cccc3C)Cc3cnc(Nc4ccc(N5CCN(C)CC5)cc4F)nc32)c(OC)c1. The van der Waals surface area contributed by atoms with Crippen molar-refractivity contribution in [3.05, 3.63) is 83.3 Å². The van der Waals surface area contributed by atoms with E-state index in [1.54, 1.807) is 49.6 Å². The van der Waals surface area contributed by atoms with Crippen molar-refractivity contribution in [3.8, 4) is 11.5 Å². The summed E-state index contributed by atoms with van der Waals surface area (Å²) in [5.74, 6) is 1.16. The smallest absolute Gasteiger partial charge is 0.335 e. The molecule has 1 aromatic heterocycles. The first-order chi connectivity index (χ1) is 21.3. The third kappa shape index (κ3) is 5.46. The van der Waals surface area contributed by atoms with Gasteiger partial charge in [-0.15, -0.1) is 0 Å². The van der Waals surface area contributed by atoms with E-state index >= 15 is 4.39 Å². The fraction of sp³-hybridized carbons (Fsp3) is 0.303. The van der Waals surface area contributed by atoms with Gasteiger partial charge in [-0.3, -0.25) is 4.90 Å². The number of ether oxygens (including phenoxy) is 2. The Morgan fingerprint density at radius 1 is 0.932 bits per heavy atom. The van der Waals surface area contributed by atoms with Gasteiger partial charge in [0.15, 0.2) is 5.82 Å². The summed E-state index contributed by atoms with van der Waals surface area (Å²) in [6.45, 7) is 7.78. The number of hydrogen-bond acceptors (Lipinski definition) is 8. The second kappa shape index (κ2) is 12.0. The second-order valence-electron chi connectivity index (χ2n) is 11.1.